The minimum absolute atomic E-state index is 0.0361. The van der Waals surface area contributed by atoms with Gasteiger partial charge in [-0.3, -0.25) is 4.98 Å². The number of nitrogens with zero attached hydrogens (tertiary/aromatic N) is 8. The van der Waals surface area contributed by atoms with Crippen LogP contribution in [0.2, 0.25) is 5.15 Å². The highest BCUT2D eigenvalue weighted by molar-refractivity contribution is 6.29. The Kier molecular flexibility index (Phi) is 15.8. The molecule has 4 aromatic rings. The molecule has 0 aliphatic carbocycles. The first kappa shape index (κ1) is 46.1. The van der Waals surface area contributed by atoms with Crippen LogP contribution in [0.15, 0.2) is 48.7 Å². The molecule has 0 atom stereocenters. The molecule has 53 heavy (non-hydrogen) atoms. The lowest BCUT2D eigenvalue weighted by Gasteiger charge is -2.19. The van der Waals surface area contributed by atoms with Crippen LogP contribution in [0.4, 0.5) is 24.9 Å². The van der Waals surface area contributed by atoms with Gasteiger partial charge in [0.25, 0.3) is 5.82 Å². The summed E-state index contributed by atoms with van der Waals surface area (Å²) >= 11 is 5.85. The number of pyridine rings is 3. The van der Waals surface area contributed by atoms with Crippen molar-refractivity contribution < 1.29 is 13.2 Å². The Morgan fingerprint density at radius 2 is 1.15 bits per heavy atom. The Hall–Kier alpha value is -4.92. The second-order valence-corrected chi connectivity index (χ2v) is 16.8. The van der Waals surface area contributed by atoms with Crippen molar-refractivity contribution in [1.82, 2.24) is 24.9 Å². The maximum absolute atomic E-state index is 12.5. The molecule has 12 heteroatoms. The third-order valence-electron chi connectivity index (χ3n) is 7.33. The molecule has 0 saturated carbocycles. The zero-order valence-electron chi connectivity index (χ0n) is 33.2. The van der Waals surface area contributed by atoms with Gasteiger partial charge in [0.2, 0.25) is 11.4 Å². The third kappa shape index (κ3) is 16.1. The lowest BCUT2D eigenvalue weighted by molar-refractivity contribution is -0.141. The van der Waals surface area contributed by atoms with E-state index in [4.69, 9.17) is 30.0 Å². The number of rotatable bonds is 0. The predicted molar refractivity (Wildman–Crippen MR) is 206 cm³/mol. The summed E-state index contributed by atoms with van der Waals surface area (Å²) in [5.74, 6) is -0.186. The summed E-state index contributed by atoms with van der Waals surface area (Å²) in [4.78, 5) is 25.4. The van der Waals surface area contributed by atoms with E-state index in [1.54, 1.807) is 26.8 Å². The second kappa shape index (κ2) is 18.2. The van der Waals surface area contributed by atoms with Crippen molar-refractivity contribution in [2.45, 2.75) is 125 Å². The molecule has 0 radical (unpaired) electrons. The molecular weight excluding hydrogens is 697 g/mol. The van der Waals surface area contributed by atoms with Crippen molar-refractivity contribution in [3.63, 3.8) is 0 Å². The summed E-state index contributed by atoms with van der Waals surface area (Å²) in [6.45, 7) is 41.9. The minimum Gasteiger partial charge on any atom is -0.394 e. The molecule has 0 fully saturated rings. The van der Waals surface area contributed by atoms with E-state index in [9.17, 15) is 13.2 Å². The van der Waals surface area contributed by atoms with E-state index >= 15 is 0 Å². The Balaban J connectivity index is 0.000000357. The molecule has 0 spiro atoms. The Bertz CT molecular complexity index is 1890. The topological polar surface area (TPSA) is 97.0 Å². The van der Waals surface area contributed by atoms with Crippen LogP contribution in [0.1, 0.15) is 128 Å². The van der Waals surface area contributed by atoms with E-state index in [-0.39, 0.29) is 33.7 Å². The van der Waals surface area contributed by atoms with Gasteiger partial charge >= 0.3 is 12.1 Å². The maximum Gasteiger partial charge on any atom is 0.456 e. The summed E-state index contributed by atoms with van der Waals surface area (Å²) < 4.78 is 37.5. The van der Waals surface area contributed by atoms with E-state index in [1.165, 1.54) is 17.2 Å². The molecule has 0 aliphatic rings. The van der Waals surface area contributed by atoms with E-state index < -0.39 is 17.3 Å². The van der Waals surface area contributed by atoms with Crippen LogP contribution in [-0.2, 0) is 27.8 Å². The van der Waals surface area contributed by atoms with Gasteiger partial charge in [-0.15, -0.1) is 16.5 Å². The summed E-state index contributed by atoms with van der Waals surface area (Å²) in [5.41, 5.74) is 4.86. The predicted octanol–water partition coefficient (Wildman–Crippen LogP) is 12.2. The number of alkyl halides is 3. The van der Waals surface area contributed by atoms with Crippen molar-refractivity contribution in [1.29, 1.82) is 5.26 Å². The zero-order chi connectivity index (χ0) is 41.2. The molecule has 0 unspecified atom stereocenters. The van der Waals surface area contributed by atoms with Gasteiger partial charge in [-0.1, -0.05) is 101 Å². The van der Waals surface area contributed by atoms with Crippen molar-refractivity contribution in [3.8, 4) is 6.07 Å². The molecule has 4 aromatic heterocycles. The average Bonchev–Trinajstić information content (AvgIpc) is 3.02. The number of hydrogen-bond acceptors (Lipinski definition) is 6. The number of hydrogen-bond donors (Lipinski definition) is 0. The minimum atomic E-state index is -4.51. The number of halogens is 4. The summed E-state index contributed by atoms with van der Waals surface area (Å²) in [5, 5.41) is 9.29. The van der Waals surface area contributed by atoms with E-state index in [1.807, 2.05) is 53.0 Å². The molecule has 0 bridgehead atoms. The molecule has 4 heterocycles. The normalized spacial score (nSPS) is 11.5. The summed E-state index contributed by atoms with van der Waals surface area (Å²) in [6, 6.07) is 14.1. The smallest absolute Gasteiger partial charge is 0.394 e. The highest BCUT2D eigenvalue weighted by Crippen LogP contribution is 2.34. The largest absolute Gasteiger partial charge is 0.456 e. The van der Waals surface area contributed by atoms with Crippen molar-refractivity contribution in [2.24, 2.45) is 0 Å². The molecule has 0 aromatic carbocycles. The van der Waals surface area contributed by atoms with Gasteiger partial charge in [0, 0.05) is 29.1 Å². The number of aromatic nitrogens is 5. The third-order valence-corrected chi connectivity index (χ3v) is 7.52. The molecule has 0 aliphatic heterocycles. The number of aryl methyl sites for hydroxylation is 2. The van der Waals surface area contributed by atoms with Crippen LogP contribution in [0.25, 0.3) is 9.69 Å². The fourth-order valence-corrected chi connectivity index (χ4v) is 4.40. The maximum atomic E-state index is 12.5. The number of nitriles is 1. The van der Waals surface area contributed by atoms with E-state index in [2.05, 4.69) is 94.4 Å². The SMILES string of the molecule is Cc1cc(C(C)(C)C)cc(Cl)n1.Cc1cc(C(C)(C)C)ccn1.[C-]#[N+]c1cc(C(C)(C)C)cc(C(F)(F)F)n1.[C-]#[N+]c1nc(C#N)cc(C(C)(C)C)n1. The highest BCUT2D eigenvalue weighted by Gasteiger charge is 2.37. The molecule has 0 N–H and O–H groups in total. The van der Waals surface area contributed by atoms with Crippen LogP contribution in [0.3, 0.4) is 0 Å². The summed E-state index contributed by atoms with van der Waals surface area (Å²) in [7, 11) is 0. The van der Waals surface area contributed by atoms with Crippen molar-refractivity contribution >= 4 is 23.4 Å². The van der Waals surface area contributed by atoms with Crippen molar-refractivity contribution in [3.05, 3.63) is 122 Å². The Morgan fingerprint density at radius 3 is 1.55 bits per heavy atom. The highest BCUT2D eigenvalue weighted by atomic mass is 35.5. The van der Waals surface area contributed by atoms with E-state index in [0.29, 0.717) is 10.7 Å². The van der Waals surface area contributed by atoms with Crippen LogP contribution in [0, 0.1) is 38.3 Å². The van der Waals surface area contributed by atoms with Crippen LogP contribution in [0.5, 0.6) is 0 Å². The second-order valence-electron chi connectivity index (χ2n) is 16.4. The fourth-order valence-electron chi connectivity index (χ4n) is 4.15. The fraction of sp³-hybridized carbons (Fsp3) is 0.463. The van der Waals surface area contributed by atoms with Gasteiger partial charge in [-0.25, -0.2) is 4.98 Å². The summed E-state index contributed by atoms with van der Waals surface area (Å²) in [6.07, 6.45) is -2.64. The molecule has 4 rings (SSSR count). The monoisotopic (exact) mass is 746 g/mol. The first-order valence-electron chi connectivity index (χ1n) is 16.7. The lowest BCUT2D eigenvalue weighted by Crippen LogP contribution is -2.15. The quantitative estimate of drug-likeness (QED) is 0.131. The first-order chi connectivity index (χ1) is 24.0. The molecule has 0 saturated heterocycles. The van der Waals surface area contributed by atoms with Gasteiger partial charge in [0.05, 0.1) is 0 Å². The van der Waals surface area contributed by atoms with Gasteiger partial charge in [0.15, 0.2) is 0 Å². The van der Waals surface area contributed by atoms with Crippen LogP contribution >= 0.6 is 11.6 Å². The van der Waals surface area contributed by atoms with E-state index in [0.717, 1.165) is 23.1 Å². The zero-order valence-corrected chi connectivity index (χ0v) is 34.0. The average molecular weight is 747 g/mol. The van der Waals surface area contributed by atoms with Gasteiger partial charge in [0.1, 0.15) is 16.9 Å². The molecular formula is C41H50ClF3N8. The van der Waals surface area contributed by atoms with Crippen LogP contribution in [-0.4, -0.2) is 24.9 Å². The molecule has 0 amide bonds. The van der Waals surface area contributed by atoms with Gasteiger partial charge in [-0.2, -0.15) is 23.4 Å². The van der Waals surface area contributed by atoms with Gasteiger partial charge < -0.3 is 9.69 Å². The first-order valence-corrected chi connectivity index (χ1v) is 17.1. The Morgan fingerprint density at radius 1 is 0.623 bits per heavy atom. The molecule has 8 nitrogen and oxygen atoms in total. The van der Waals surface area contributed by atoms with Crippen LogP contribution < -0.4 is 0 Å². The Labute approximate surface area is 318 Å². The lowest BCUT2D eigenvalue weighted by atomic mass is 9.87. The van der Waals surface area contributed by atoms with Crippen molar-refractivity contribution in [2.75, 3.05) is 0 Å². The molecule has 282 valence electrons. The standard InChI is InChI=1S/C11H11F3N2.C10H14ClN.C10H10N4.C10H15N/c1-10(2,3)7-5-8(11(12,13)14)16-9(6-7)15-4;1-7-5-8(10(2,3)4)6-9(11)12-7;1-10(2,3)8-5-7(6-11)13-9(12-4)14-8;1-8-7-9(5-6-11-8)10(2,3)4/h5-6H,1-3H3;5-6H,1-4H3;5H,1-3H3;5-7H,1-4H3. The van der Waals surface area contributed by atoms with Gasteiger partial charge in [-0.05, 0) is 83.2 Å².